The van der Waals surface area contributed by atoms with Crippen LogP contribution in [0.3, 0.4) is 0 Å². The average Bonchev–Trinajstić information content (AvgIpc) is 2.72. The smallest absolute Gasteiger partial charge is 0.222 e. The summed E-state index contributed by atoms with van der Waals surface area (Å²) in [6, 6.07) is 1.87. The van der Waals surface area contributed by atoms with Gasteiger partial charge in [-0.2, -0.15) is 0 Å². The van der Waals surface area contributed by atoms with Crippen molar-refractivity contribution in [2.24, 2.45) is 11.3 Å². The molecule has 2 rings (SSSR count). The van der Waals surface area contributed by atoms with Gasteiger partial charge in [0.05, 0.1) is 11.4 Å². The highest BCUT2D eigenvalue weighted by molar-refractivity contribution is 9.10. The first-order chi connectivity index (χ1) is 9.79. The molecule has 0 saturated carbocycles. The maximum Gasteiger partial charge on any atom is 0.222 e. The lowest BCUT2D eigenvalue weighted by atomic mass is 9.77. The minimum absolute atomic E-state index is 0.0273. The third-order valence-corrected chi connectivity index (χ3v) is 6.12. The van der Waals surface area contributed by atoms with Crippen molar-refractivity contribution in [3.8, 4) is 0 Å². The van der Waals surface area contributed by atoms with Gasteiger partial charge in [0.25, 0.3) is 0 Å². The molecule has 1 amide bonds. The Bertz CT molecular complexity index is 533. The third-order valence-electron chi connectivity index (χ3n) is 4.24. The van der Waals surface area contributed by atoms with E-state index in [0.29, 0.717) is 23.8 Å². The first-order valence-electron chi connectivity index (χ1n) is 7.33. The van der Waals surface area contributed by atoms with Crippen molar-refractivity contribution >= 4 is 39.0 Å². The van der Waals surface area contributed by atoms with Crippen LogP contribution in [-0.4, -0.2) is 29.7 Å². The van der Waals surface area contributed by atoms with Crippen molar-refractivity contribution < 1.29 is 9.59 Å². The number of amides is 1. The molecule has 5 heteroatoms. The minimum Gasteiger partial charge on any atom is -0.335 e. The molecule has 1 aliphatic rings. The number of ketones is 1. The second-order valence-electron chi connectivity index (χ2n) is 6.73. The monoisotopic (exact) mass is 371 g/mol. The molecule has 21 heavy (non-hydrogen) atoms. The van der Waals surface area contributed by atoms with Crippen LogP contribution in [0.5, 0.6) is 0 Å². The molecule has 0 aromatic carbocycles. The van der Waals surface area contributed by atoms with E-state index in [-0.39, 0.29) is 23.7 Å². The van der Waals surface area contributed by atoms with Gasteiger partial charge >= 0.3 is 0 Å². The molecule has 0 spiro atoms. The number of thiophene rings is 1. The summed E-state index contributed by atoms with van der Waals surface area (Å²) < 4.78 is 0.826. The molecule has 0 bridgehead atoms. The summed E-state index contributed by atoms with van der Waals surface area (Å²) in [7, 11) is 0. The van der Waals surface area contributed by atoms with Crippen LogP contribution in [0.25, 0.3) is 0 Å². The molecule has 116 valence electrons. The van der Waals surface area contributed by atoms with E-state index < -0.39 is 0 Å². The molecule has 1 fully saturated rings. The number of hydrogen-bond donors (Lipinski definition) is 0. The quantitative estimate of drug-likeness (QED) is 0.739. The first-order valence-corrected chi connectivity index (χ1v) is 9.00. The minimum atomic E-state index is 0.0273. The summed E-state index contributed by atoms with van der Waals surface area (Å²) in [6.07, 6.45) is 2.46. The molecule has 0 N–H and O–H groups in total. The van der Waals surface area contributed by atoms with Crippen LogP contribution >= 0.6 is 27.3 Å². The zero-order valence-corrected chi connectivity index (χ0v) is 15.2. The van der Waals surface area contributed by atoms with Gasteiger partial charge in [0.2, 0.25) is 5.91 Å². The molecule has 0 radical (unpaired) electrons. The van der Waals surface area contributed by atoms with Crippen LogP contribution in [0.1, 0.15) is 49.7 Å². The lowest BCUT2D eigenvalue weighted by Gasteiger charge is -2.29. The highest BCUT2D eigenvalue weighted by Crippen LogP contribution is 2.34. The summed E-state index contributed by atoms with van der Waals surface area (Å²) in [5.74, 6) is 0.678. The Morgan fingerprint density at radius 2 is 2.14 bits per heavy atom. The molecule has 1 aromatic rings. The van der Waals surface area contributed by atoms with Gasteiger partial charge in [-0.25, -0.2) is 0 Å². The van der Waals surface area contributed by atoms with Gasteiger partial charge in [-0.3, -0.25) is 9.59 Å². The van der Waals surface area contributed by atoms with Crippen LogP contribution in [-0.2, 0) is 4.79 Å². The Kier molecular flexibility index (Phi) is 5.25. The van der Waals surface area contributed by atoms with Gasteiger partial charge in [0, 0.05) is 17.4 Å². The number of likely N-dealkylation sites (tertiary alicyclic amines) is 1. The van der Waals surface area contributed by atoms with Gasteiger partial charge in [-0.1, -0.05) is 20.8 Å². The molecular weight excluding hydrogens is 350 g/mol. The fraction of sp³-hybridized carbons (Fsp3) is 0.625. The van der Waals surface area contributed by atoms with E-state index in [9.17, 15) is 9.59 Å². The number of carbonyl (C=O) groups excluding carboxylic acids is 2. The summed E-state index contributed by atoms with van der Waals surface area (Å²) in [6.45, 7) is 7.58. The highest BCUT2D eigenvalue weighted by atomic mass is 79.9. The summed E-state index contributed by atoms with van der Waals surface area (Å²) >= 11 is 4.81. The Hall–Kier alpha value is -0.680. The summed E-state index contributed by atoms with van der Waals surface area (Å²) in [5.41, 5.74) is 0.219. The zero-order chi connectivity index (χ0) is 15.6. The average molecular weight is 372 g/mol. The Balaban J connectivity index is 2.02. The number of rotatable bonds is 3. The van der Waals surface area contributed by atoms with Crippen LogP contribution in [0.4, 0.5) is 0 Å². The van der Waals surface area contributed by atoms with Crippen molar-refractivity contribution in [2.75, 3.05) is 13.1 Å². The van der Waals surface area contributed by atoms with E-state index in [1.165, 1.54) is 11.3 Å². The SMILES string of the molecule is CC(C)(C)C1CCC(=O)N(CC(=O)c2sccc2Br)CC1. The second kappa shape index (κ2) is 6.61. The van der Waals surface area contributed by atoms with Crippen LogP contribution < -0.4 is 0 Å². The molecule has 1 aliphatic heterocycles. The number of Topliss-reactive ketones (excluding diaryl/α,β-unsaturated/α-hetero) is 1. The van der Waals surface area contributed by atoms with Crippen LogP contribution in [0, 0.1) is 11.3 Å². The molecule has 3 nitrogen and oxygen atoms in total. The van der Waals surface area contributed by atoms with Crippen molar-refractivity contribution in [1.82, 2.24) is 4.90 Å². The predicted molar refractivity (Wildman–Crippen MR) is 89.7 cm³/mol. The fourth-order valence-corrected chi connectivity index (χ4v) is 4.33. The van der Waals surface area contributed by atoms with Crippen LogP contribution in [0.15, 0.2) is 15.9 Å². The maximum absolute atomic E-state index is 12.3. The topological polar surface area (TPSA) is 37.4 Å². The summed E-state index contributed by atoms with van der Waals surface area (Å²) in [5, 5.41) is 1.89. The molecule has 1 saturated heterocycles. The Morgan fingerprint density at radius 3 is 2.71 bits per heavy atom. The first kappa shape index (κ1) is 16.7. The molecule has 0 aliphatic carbocycles. The number of nitrogens with zero attached hydrogens (tertiary/aromatic N) is 1. The van der Waals surface area contributed by atoms with E-state index >= 15 is 0 Å². The highest BCUT2D eigenvalue weighted by Gasteiger charge is 2.30. The van der Waals surface area contributed by atoms with Crippen molar-refractivity contribution in [3.63, 3.8) is 0 Å². The number of hydrogen-bond acceptors (Lipinski definition) is 3. The number of halogens is 1. The second-order valence-corrected chi connectivity index (χ2v) is 8.50. The predicted octanol–water partition coefficient (Wildman–Crippen LogP) is 4.37. The van der Waals surface area contributed by atoms with E-state index in [1.807, 2.05) is 11.4 Å². The van der Waals surface area contributed by atoms with Gasteiger partial charge < -0.3 is 4.90 Å². The zero-order valence-electron chi connectivity index (χ0n) is 12.8. The lowest BCUT2D eigenvalue weighted by Crippen LogP contribution is -2.35. The van der Waals surface area contributed by atoms with Gasteiger partial charge in [-0.15, -0.1) is 11.3 Å². The fourth-order valence-electron chi connectivity index (χ4n) is 2.81. The molecule has 1 atom stereocenters. The summed E-state index contributed by atoms with van der Waals surface area (Å²) in [4.78, 5) is 27.0. The van der Waals surface area contributed by atoms with Gasteiger partial charge in [-0.05, 0) is 51.6 Å². The Labute approximate surface area is 138 Å². The van der Waals surface area contributed by atoms with Crippen molar-refractivity contribution in [2.45, 2.75) is 40.0 Å². The molecular formula is C16H22BrNO2S. The van der Waals surface area contributed by atoms with E-state index in [0.717, 1.165) is 17.3 Å². The van der Waals surface area contributed by atoms with Crippen LogP contribution in [0.2, 0.25) is 0 Å². The van der Waals surface area contributed by atoms with Crippen molar-refractivity contribution in [1.29, 1.82) is 0 Å². The van der Waals surface area contributed by atoms with E-state index in [4.69, 9.17) is 0 Å². The number of carbonyl (C=O) groups is 2. The normalized spacial score (nSPS) is 20.5. The van der Waals surface area contributed by atoms with E-state index in [2.05, 4.69) is 36.7 Å². The largest absolute Gasteiger partial charge is 0.335 e. The molecule has 1 unspecified atom stereocenters. The molecule has 1 aromatic heterocycles. The van der Waals surface area contributed by atoms with E-state index in [1.54, 1.807) is 4.90 Å². The standard InChI is InChI=1S/C16H22BrNO2S/c1-16(2,3)11-4-5-14(20)18(8-6-11)10-13(19)15-12(17)7-9-21-15/h7,9,11H,4-6,8,10H2,1-3H3. The van der Waals surface area contributed by atoms with Crippen molar-refractivity contribution in [3.05, 3.63) is 20.8 Å². The van der Waals surface area contributed by atoms with Gasteiger partial charge in [0.1, 0.15) is 0 Å². The molecule has 2 heterocycles. The third kappa shape index (κ3) is 4.16. The Morgan fingerprint density at radius 1 is 1.43 bits per heavy atom. The lowest BCUT2D eigenvalue weighted by molar-refractivity contribution is -0.130. The van der Waals surface area contributed by atoms with Gasteiger partial charge in [0.15, 0.2) is 5.78 Å². The maximum atomic E-state index is 12.3.